The SMILES string of the molecule is CC(=O)NC(C)(C)I(C)C. The second-order valence-corrected chi connectivity index (χ2v) is 9.92. The molecule has 0 spiro atoms. The normalized spacial score (nSPS) is 12.7. The number of rotatable bonds is 2. The van der Waals surface area contributed by atoms with Crippen LogP contribution in [0.5, 0.6) is 0 Å². The fourth-order valence-electron chi connectivity index (χ4n) is 0.513. The summed E-state index contributed by atoms with van der Waals surface area (Å²) in [5.41, 5.74) is 0. The monoisotopic (exact) mass is 257 g/mol. The average molecular weight is 257 g/mol. The summed E-state index contributed by atoms with van der Waals surface area (Å²) in [5.74, 6) is 0.0796. The van der Waals surface area contributed by atoms with E-state index in [0.29, 0.717) is 0 Å². The molecule has 62 valence electrons. The molecule has 1 N–H and O–H groups in total. The first-order valence-corrected chi connectivity index (χ1v) is 8.54. The number of amides is 1. The van der Waals surface area contributed by atoms with Gasteiger partial charge in [-0.05, 0) is 0 Å². The maximum absolute atomic E-state index is 10.7. The van der Waals surface area contributed by atoms with Crippen LogP contribution in [0.25, 0.3) is 0 Å². The molecule has 0 bridgehead atoms. The van der Waals surface area contributed by atoms with Crippen molar-refractivity contribution in [1.82, 2.24) is 5.32 Å². The summed E-state index contributed by atoms with van der Waals surface area (Å²) in [6, 6.07) is 0. The Labute approximate surface area is 70.1 Å². The van der Waals surface area contributed by atoms with Gasteiger partial charge in [0, 0.05) is 0 Å². The molecule has 0 aliphatic rings. The fourth-order valence-corrected chi connectivity index (χ4v) is 1.43. The Kier molecular flexibility index (Phi) is 3.62. The molecule has 0 heterocycles. The summed E-state index contributed by atoms with van der Waals surface area (Å²) in [4.78, 5) is 15.2. The Morgan fingerprint density at radius 1 is 1.40 bits per heavy atom. The zero-order chi connectivity index (χ0) is 8.36. The second-order valence-electron chi connectivity index (χ2n) is 2.91. The maximum atomic E-state index is 10.7. The topological polar surface area (TPSA) is 29.1 Å². The van der Waals surface area contributed by atoms with Gasteiger partial charge in [-0.2, -0.15) is 0 Å². The Hall–Kier alpha value is 0.200. The van der Waals surface area contributed by atoms with Crippen LogP contribution in [0.15, 0.2) is 0 Å². The summed E-state index contributed by atoms with van der Waals surface area (Å²) >= 11 is -0.926. The van der Waals surface area contributed by atoms with Crippen molar-refractivity contribution < 1.29 is 4.79 Å². The molecular formula is C7H16INO. The standard InChI is InChI=1S/C7H16INO/c1-6(10)9-7(2,3)8(4)5/h1-5H3,(H,9,10). The van der Waals surface area contributed by atoms with Crippen LogP contribution in [0.3, 0.4) is 0 Å². The van der Waals surface area contributed by atoms with E-state index in [1.54, 1.807) is 6.92 Å². The molecular weight excluding hydrogens is 241 g/mol. The molecule has 10 heavy (non-hydrogen) atoms. The zero-order valence-corrected chi connectivity index (χ0v) is 9.44. The molecule has 0 rings (SSSR count). The van der Waals surface area contributed by atoms with Gasteiger partial charge in [0.25, 0.3) is 0 Å². The van der Waals surface area contributed by atoms with Crippen molar-refractivity contribution in [2.75, 3.05) is 9.86 Å². The van der Waals surface area contributed by atoms with Crippen molar-refractivity contribution in [1.29, 1.82) is 0 Å². The molecule has 0 atom stereocenters. The van der Waals surface area contributed by atoms with Gasteiger partial charge in [-0.15, -0.1) is 0 Å². The van der Waals surface area contributed by atoms with Crippen LogP contribution in [-0.2, 0) is 4.79 Å². The van der Waals surface area contributed by atoms with Gasteiger partial charge in [-0.25, -0.2) is 0 Å². The first-order valence-electron chi connectivity index (χ1n) is 3.15. The predicted octanol–water partition coefficient (Wildman–Crippen LogP) is 1.62. The van der Waals surface area contributed by atoms with Crippen molar-refractivity contribution in [3.63, 3.8) is 0 Å². The van der Waals surface area contributed by atoms with Crippen LogP contribution in [0, 0.1) is 0 Å². The minimum absolute atomic E-state index is 0.0791. The molecule has 3 heteroatoms. The molecule has 0 radical (unpaired) electrons. The molecule has 0 aromatic heterocycles. The summed E-state index contributed by atoms with van der Waals surface area (Å²) in [6.07, 6.45) is 0. The Morgan fingerprint density at radius 3 is 1.90 bits per heavy atom. The molecule has 0 aliphatic carbocycles. The molecule has 0 aromatic carbocycles. The first kappa shape index (κ1) is 10.2. The molecule has 0 aliphatic heterocycles. The first-order chi connectivity index (χ1) is 4.36. The van der Waals surface area contributed by atoms with Gasteiger partial charge in [-0.1, -0.05) is 0 Å². The zero-order valence-electron chi connectivity index (χ0n) is 7.29. The van der Waals surface area contributed by atoms with E-state index < -0.39 is 19.8 Å². The van der Waals surface area contributed by atoms with E-state index in [4.69, 9.17) is 0 Å². The molecule has 0 unspecified atom stereocenters. The van der Waals surface area contributed by atoms with E-state index in [1.165, 1.54) is 0 Å². The summed E-state index contributed by atoms with van der Waals surface area (Å²) in [7, 11) is 0. The van der Waals surface area contributed by atoms with E-state index >= 15 is 0 Å². The van der Waals surface area contributed by atoms with Gasteiger partial charge >= 0.3 is 70.0 Å². The number of alkyl halides is 3. The number of nitrogens with one attached hydrogen (secondary N) is 1. The second kappa shape index (κ2) is 3.55. The summed E-state index contributed by atoms with van der Waals surface area (Å²) in [5, 5.41) is 2.95. The molecule has 0 saturated heterocycles. The Balaban J connectivity index is 3.99. The molecule has 0 saturated carbocycles. The van der Waals surface area contributed by atoms with Gasteiger partial charge in [0.2, 0.25) is 0 Å². The van der Waals surface area contributed by atoms with Gasteiger partial charge in [0.15, 0.2) is 0 Å². The summed E-state index contributed by atoms with van der Waals surface area (Å²) in [6.45, 7) is 5.76. The van der Waals surface area contributed by atoms with E-state index in [2.05, 4.69) is 29.0 Å². The number of hydrogen-bond donors (Lipinski definition) is 1. The van der Waals surface area contributed by atoms with E-state index in [1.807, 2.05) is 0 Å². The third-order valence-corrected chi connectivity index (χ3v) is 7.08. The van der Waals surface area contributed by atoms with Gasteiger partial charge in [0.1, 0.15) is 0 Å². The molecule has 0 fully saturated rings. The van der Waals surface area contributed by atoms with Crippen LogP contribution in [-0.4, -0.2) is 19.3 Å². The van der Waals surface area contributed by atoms with Crippen LogP contribution in [0.2, 0.25) is 0 Å². The van der Waals surface area contributed by atoms with E-state index in [9.17, 15) is 4.79 Å². The minimum atomic E-state index is -0.926. The third kappa shape index (κ3) is 3.39. The van der Waals surface area contributed by atoms with Crippen molar-refractivity contribution in [3.05, 3.63) is 0 Å². The Morgan fingerprint density at radius 2 is 1.80 bits per heavy atom. The van der Waals surface area contributed by atoms with Crippen molar-refractivity contribution in [3.8, 4) is 0 Å². The molecule has 1 amide bonds. The van der Waals surface area contributed by atoms with Crippen molar-refractivity contribution in [2.45, 2.75) is 24.3 Å². The van der Waals surface area contributed by atoms with Gasteiger partial charge in [-0.3, -0.25) is 0 Å². The molecule has 0 aromatic rings. The fraction of sp³-hybridized carbons (Fsp3) is 0.857. The van der Waals surface area contributed by atoms with Gasteiger partial charge < -0.3 is 0 Å². The average Bonchev–Trinajstić information content (AvgIpc) is 1.60. The van der Waals surface area contributed by atoms with Crippen molar-refractivity contribution in [2.24, 2.45) is 0 Å². The number of carbonyl (C=O) groups is 1. The molecule has 2 nitrogen and oxygen atoms in total. The van der Waals surface area contributed by atoms with Gasteiger partial charge in [0.05, 0.1) is 0 Å². The van der Waals surface area contributed by atoms with Crippen molar-refractivity contribution >= 4 is 25.7 Å². The third-order valence-electron chi connectivity index (χ3n) is 1.42. The number of hydrogen-bond acceptors (Lipinski definition) is 1. The summed E-state index contributed by atoms with van der Waals surface area (Å²) < 4.78 is 0.0791. The van der Waals surface area contributed by atoms with Crippen LogP contribution < -0.4 is 5.32 Å². The van der Waals surface area contributed by atoms with Crippen LogP contribution in [0.1, 0.15) is 20.8 Å². The number of halogens is 1. The Bertz CT molecular complexity index is 132. The number of carbonyl (C=O) groups excluding carboxylic acids is 1. The quantitative estimate of drug-likeness (QED) is 0.454. The van der Waals surface area contributed by atoms with Crippen LogP contribution >= 0.6 is 19.8 Å². The van der Waals surface area contributed by atoms with E-state index in [-0.39, 0.29) is 9.45 Å². The van der Waals surface area contributed by atoms with E-state index in [0.717, 1.165) is 0 Å². The predicted molar refractivity (Wildman–Crippen MR) is 53.8 cm³/mol. The van der Waals surface area contributed by atoms with Crippen LogP contribution in [0.4, 0.5) is 0 Å².